The lowest BCUT2D eigenvalue weighted by molar-refractivity contribution is 0.0116. The Hall–Kier alpha value is -0.120. The van der Waals surface area contributed by atoms with Crippen molar-refractivity contribution in [3.63, 3.8) is 0 Å². The van der Waals surface area contributed by atoms with Crippen molar-refractivity contribution in [2.75, 3.05) is 32.8 Å². The molecule has 3 atom stereocenters. The van der Waals surface area contributed by atoms with Crippen molar-refractivity contribution in [2.24, 2.45) is 5.92 Å². The molecule has 0 aromatic heterocycles. The molecule has 3 nitrogen and oxygen atoms in total. The van der Waals surface area contributed by atoms with Crippen molar-refractivity contribution in [1.82, 2.24) is 10.2 Å². The van der Waals surface area contributed by atoms with Crippen molar-refractivity contribution < 1.29 is 4.74 Å². The van der Waals surface area contributed by atoms with E-state index in [2.05, 4.69) is 10.2 Å². The van der Waals surface area contributed by atoms with E-state index in [1.54, 1.807) is 0 Å². The van der Waals surface area contributed by atoms with Crippen LogP contribution in [0.15, 0.2) is 0 Å². The number of fused-ring (bicyclic) bond motifs is 2. The smallest absolute Gasteiger partial charge is 0.0594 e. The molecule has 2 saturated heterocycles. The van der Waals surface area contributed by atoms with E-state index in [0.717, 1.165) is 44.3 Å². The number of rotatable bonds is 1. The summed E-state index contributed by atoms with van der Waals surface area (Å²) >= 11 is 0. The Balaban J connectivity index is 1.70. The van der Waals surface area contributed by atoms with Crippen LogP contribution in [0.3, 0.4) is 0 Å². The molecule has 1 N–H and O–H groups in total. The molecule has 3 heteroatoms. The molecular weight excluding hydrogens is 164 g/mol. The fourth-order valence-electron chi connectivity index (χ4n) is 3.24. The van der Waals surface area contributed by atoms with Crippen LogP contribution < -0.4 is 5.32 Å². The van der Waals surface area contributed by atoms with E-state index in [9.17, 15) is 0 Å². The highest BCUT2D eigenvalue weighted by Gasteiger charge is 2.44. The minimum Gasteiger partial charge on any atom is -0.379 e. The lowest BCUT2D eigenvalue weighted by Crippen LogP contribution is -2.48. The lowest BCUT2D eigenvalue weighted by atomic mass is 10.0. The minimum absolute atomic E-state index is 0.795. The van der Waals surface area contributed by atoms with Gasteiger partial charge in [-0.1, -0.05) is 0 Å². The zero-order valence-electron chi connectivity index (χ0n) is 8.04. The van der Waals surface area contributed by atoms with Crippen molar-refractivity contribution >= 4 is 0 Å². The SMILES string of the molecule is C1CN([C@H]2[C@H]3CC[C@H]2NC3)CCO1. The standard InChI is InChI=1S/C10H18N2O/c1-2-9-10(8(1)7-11-9)12-3-5-13-6-4-12/h8-11H,1-7H2/t8-,9+,10-/m0/s1. The van der Waals surface area contributed by atoms with E-state index >= 15 is 0 Å². The fourth-order valence-corrected chi connectivity index (χ4v) is 3.24. The highest BCUT2D eigenvalue weighted by molar-refractivity contribution is 5.02. The van der Waals surface area contributed by atoms with Gasteiger partial charge in [0.2, 0.25) is 0 Å². The van der Waals surface area contributed by atoms with Crippen molar-refractivity contribution in [3.8, 4) is 0 Å². The summed E-state index contributed by atoms with van der Waals surface area (Å²) in [5.74, 6) is 0.933. The summed E-state index contributed by atoms with van der Waals surface area (Å²) in [7, 11) is 0. The summed E-state index contributed by atoms with van der Waals surface area (Å²) in [6.07, 6.45) is 2.84. The van der Waals surface area contributed by atoms with E-state index in [0.29, 0.717) is 0 Å². The van der Waals surface area contributed by atoms with Gasteiger partial charge in [-0.05, 0) is 25.3 Å². The Morgan fingerprint density at radius 2 is 2.00 bits per heavy atom. The average molecular weight is 182 g/mol. The van der Waals surface area contributed by atoms with Gasteiger partial charge in [0, 0.05) is 25.2 Å². The molecule has 3 fully saturated rings. The molecule has 2 bridgehead atoms. The molecule has 2 aliphatic heterocycles. The number of nitrogens with one attached hydrogen (secondary N) is 1. The molecule has 3 aliphatic rings. The lowest BCUT2D eigenvalue weighted by Gasteiger charge is -2.34. The maximum absolute atomic E-state index is 5.39. The molecule has 0 aromatic carbocycles. The van der Waals surface area contributed by atoms with Crippen LogP contribution in [0.25, 0.3) is 0 Å². The molecule has 13 heavy (non-hydrogen) atoms. The van der Waals surface area contributed by atoms with E-state index in [1.807, 2.05) is 0 Å². The second-order valence-corrected chi connectivity index (χ2v) is 4.49. The van der Waals surface area contributed by atoms with Gasteiger partial charge in [-0.3, -0.25) is 4.90 Å². The molecule has 3 rings (SSSR count). The first-order valence-electron chi connectivity index (χ1n) is 5.50. The van der Waals surface area contributed by atoms with Gasteiger partial charge in [-0.25, -0.2) is 0 Å². The number of nitrogens with zero attached hydrogens (tertiary/aromatic N) is 1. The monoisotopic (exact) mass is 182 g/mol. The largest absolute Gasteiger partial charge is 0.379 e. The predicted molar refractivity (Wildman–Crippen MR) is 50.7 cm³/mol. The first-order valence-corrected chi connectivity index (χ1v) is 5.50. The quantitative estimate of drug-likeness (QED) is 0.621. The second kappa shape index (κ2) is 3.23. The Labute approximate surface area is 79.4 Å². The van der Waals surface area contributed by atoms with Crippen LogP contribution in [0.5, 0.6) is 0 Å². The van der Waals surface area contributed by atoms with Crippen molar-refractivity contribution in [1.29, 1.82) is 0 Å². The van der Waals surface area contributed by atoms with Gasteiger partial charge in [0.25, 0.3) is 0 Å². The van der Waals surface area contributed by atoms with Crippen molar-refractivity contribution in [3.05, 3.63) is 0 Å². The number of hydrogen-bond donors (Lipinski definition) is 1. The maximum Gasteiger partial charge on any atom is 0.0594 e. The van der Waals surface area contributed by atoms with Crippen LogP contribution in [-0.2, 0) is 4.74 Å². The first-order chi connectivity index (χ1) is 6.45. The Morgan fingerprint density at radius 3 is 2.54 bits per heavy atom. The van der Waals surface area contributed by atoms with Crippen LogP contribution in [-0.4, -0.2) is 49.8 Å². The van der Waals surface area contributed by atoms with Gasteiger partial charge in [-0.15, -0.1) is 0 Å². The van der Waals surface area contributed by atoms with E-state index in [4.69, 9.17) is 4.74 Å². The molecule has 0 unspecified atom stereocenters. The maximum atomic E-state index is 5.39. The van der Waals surface area contributed by atoms with Crippen LogP contribution in [0.4, 0.5) is 0 Å². The molecule has 0 radical (unpaired) electrons. The topological polar surface area (TPSA) is 24.5 Å². The summed E-state index contributed by atoms with van der Waals surface area (Å²) < 4.78 is 5.39. The molecular formula is C10H18N2O. The highest BCUT2D eigenvalue weighted by atomic mass is 16.5. The molecule has 1 saturated carbocycles. The van der Waals surface area contributed by atoms with Gasteiger partial charge >= 0.3 is 0 Å². The Bertz CT molecular complexity index is 171. The van der Waals surface area contributed by atoms with E-state index < -0.39 is 0 Å². The second-order valence-electron chi connectivity index (χ2n) is 4.49. The third kappa shape index (κ3) is 1.30. The number of ether oxygens (including phenoxy) is 1. The Kier molecular flexibility index (Phi) is 2.04. The zero-order valence-corrected chi connectivity index (χ0v) is 8.04. The Morgan fingerprint density at radius 1 is 1.15 bits per heavy atom. The van der Waals surface area contributed by atoms with Crippen LogP contribution in [0, 0.1) is 5.92 Å². The van der Waals surface area contributed by atoms with E-state index in [1.165, 1.54) is 19.4 Å². The summed E-state index contributed by atoms with van der Waals surface area (Å²) in [6.45, 7) is 5.44. The summed E-state index contributed by atoms with van der Waals surface area (Å²) in [5.41, 5.74) is 0. The third-order valence-corrected chi connectivity index (χ3v) is 3.85. The summed E-state index contributed by atoms with van der Waals surface area (Å²) in [5, 5.41) is 3.62. The van der Waals surface area contributed by atoms with Crippen molar-refractivity contribution in [2.45, 2.75) is 24.9 Å². The van der Waals surface area contributed by atoms with E-state index in [-0.39, 0.29) is 0 Å². The summed E-state index contributed by atoms with van der Waals surface area (Å²) in [6, 6.07) is 1.63. The zero-order chi connectivity index (χ0) is 8.67. The fraction of sp³-hybridized carbons (Fsp3) is 1.00. The molecule has 0 amide bonds. The van der Waals surface area contributed by atoms with Gasteiger partial charge in [0.15, 0.2) is 0 Å². The molecule has 2 heterocycles. The van der Waals surface area contributed by atoms with Gasteiger partial charge in [0.05, 0.1) is 13.2 Å². The summed E-state index contributed by atoms with van der Waals surface area (Å²) in [4.78, 5) is 2.64. The minimum atomic E-state index is 0.795. The molecule has 1 aliphatic carbocycles. The van der Waals surface area contributed by atoms with Gasteiger partial charge < -0.3 is 10.1 Å². The molecule has 0 spiro atoms. The van der Waals surface area contributed by atoms with Crippen LogP contribution in [0.1, 0.15) is 12.8 Å². The third-order valence-electron chi connectivity index (χ3n) is 3.85. The van der Waals surface area contributed by atoms with Gasteiger partial charge in [0.1, 0.15) is 0 Å². The predicted octanol–water partition coefficient (Wildman–Crippen LogP) is 0.0690. The van der Waals surface area contributed by atoms with Crippen LogP contribution >= 0.6 is 0 Å². The normalized spacial score (nSPS) is 45.7. The average Bonchev–Trinajstić information content (AvgIpc) is 2.78. The number of hydrogen-bond acceptors (Lipinski definition) is 3. The first kappa shape index (κ1) is 8.21. The van der Waals surface area contributed by atoms with Crippen LogP contribution in [0.2, 0.25) is 0 Å². The molecule has 74 valence electrons. The molecule has 0 aromatic rings. The van der Waals surface area contributed by atoms with Gasteiger partial charge in [-0.2, -0.15) is 0 Å². The highest BCUT2D eigenvalue weighted by Crippen LogP contribution is 2.35. The number of morpholine rings is 1. The number of piperidine rings is 1.